The van der Waals surface area contributed by atoms with Crippen LogP contribution in [0.5, 0.6) is 0 Å². The highest BCUT2D eigenvalue weighted by atomic mass is 35.5. The summed E-state index contributed by atoms with van der Waals surface area (Å²) in [5, 5.41) is 12.7. The molecule has 0 aromatic carbocycles. The molecule has 17 nitrogen and oxygen atoms in total. The molecular weight excluding hydrogens is 602 g/mol. The fourth-order valence-electron chi connectivity index (χ4n) is 2.96. The molecule has 6 atom stereocenters. The zero-order valence-corrected chi connectivity index (χ0v) is 21.5. The van der Waals surface area contributed by atoms with Crippen LogP contribution in [-0.4, -0.2) is 67.9 Å². The predicted molar refractivity (Wildman–Crippen MR) is 119 cm³/mol. The molecule has 0 saturated carbocycles. The molecule has 3 heterocycles. The van der Waals surface area contributed by atoms with Crippen molar-refractivity contribution in [1.82, 2.24) is 19.5 Å². The number of nitrogens with one attached hydrogen (secondary N) is 1. The third kappa shape index (κ3) is 6.49. The number of nitrogens with zero attached hydrogens (tertiary/aromatic N) is 3. The van der Waals surface area contributed by atoms with Crippen LogP contribution in [0.3, 0.4) is 0 Å². The summed E-state index contributed by atoms with van der Waals surface area (Å²) >= 11 is 17.1. The molecule has 194 valence electrons. The number of imidazole rings is 1. The fourth-order valence-corrected chi connectivity index (χ4v) is 6.79. The number of aromatic amines is 1. The summed E-state index contributed by atoms with van der Waals surface area (Å²) in [4.78, 5) is 44.6. The molecule has 1 fully saturated rings. The third-order valence-electron chi connectivity index (χ3n) is 4.22. The number of phosphoric acid groups is 3. The summed E-state index contributed by atoms with van der Waals surface area (Å²) in [6, 6.07) is 0. The molecule has 1 aliphatic heterocycles. The van der Waals surface area contributed by atoms with Crippen LogP contribution in [0.15, 0.2) is 6.33 Å². The number of phosphoric ester groups is 1. The predicted octanol–water partition coefficient (Wildman–Crippen LogP) is 0.850. The van der Waals surface area contributed by atoms with Crippen molar-refractivity contribution in [3.05, 3.63) is 11.0 Å². The summed E-state index contributed by atoms with van der Waals surface area (Å²) in [6.45, 7) is -1.01. The van der Waals surface area contributed by atoms with E-state index in [0.717, 1.165) is 0 Å². The van der Waals surface area contributed by atoms with Crippen molar-refractivity contribution >= 4 is 76.0 Å². The second kappa shape index (κ2) is 10.1. The zero-order chi connectivity index (χ0) is 26.4. The first kappa shape index (κ1) is 28.6. The second-order valence-corrected chi connectivity index (χ2v) is 12.2. The number of H-pyrrole nitrogens is 1. The molecule has 0 spiro atoms. The average molecular weight is 616 g/mol. The topological polar surface area (TPSA) is 262 Å². The summed E-state index contributed by atoms with van der Waals surface area (Å²) in [7, 11) is -16.8. The number of alkyl halides is 1. The Morgan fingerprint density at radius 2 is 1.94 bits per heavy atom. The van der Waals surface area contributed by atoms with Crippen molar-refractivity contribution in [2.24, 2.45) is 0 Å². The van der Waals surface area contributed by atoms with Crippen LogP contribution in [0, 0.1) is 15.9 Å². The van der Waals surface area contributed by atoms with E-state index in [2.05, 4.69) is 34.0 Å². The van der Waals surface area contributed by atoms with E-state index in [9.17, 15) is 28.6 Å². The van der Waals surface area contributed by atoms with Gasteiger partial charge in [-0.15, -0.1) is 0 Å². The van der Waals surface area contributed by atoms with E-state index in [-0.39, 0.29) is 21.8 Å². The molecule has 2 aromatic rings. The van der Waals surface area contributed by atoms with Crippen LogP contribution in [0.1, 0.15) is 6.23 Å². The van der Waals surface area contributed by atoms with Crippen molar-refractivity contribution in [2.45, 2.75) is 23.3 Å². The summed E-state index contributed by atoms with van der Waals surface area (Å²) in [5.74, 6) is 2.27. The van der Waals surface area contributed by atoms with Crippen LogP contribution < -0.4 is 5.73 Å². The summed E-state index contributed by atoms with van der Waals surface area (Å²) < 4.78 is 52.8. The Hall–Kier alpha value is -0.960. The number of aliphatic hydroxyl groups excluding tert-OH is 1. The molecule has 35 heavy (non-hydrogen) atoms. The van der Waals surface area contributed by atoms with Gasteiger partial charge in [-0.1, -0.05) is 29.7 Å². The molecule has 0 bridgehead atoms. The van der Waals surface area contributed by atoms with Gasteiger partial charge in [-0.25, -0.2) is 23.7 Å². The molecule has 8 N–H and O–H groups in total. The zero-order valence-electron chi connectivity index (χ0n) is 16.5. The Kier molecular flexibility index (Phi) is 8.23. The van der Waals surface area contributed by atoms with E-state index < -0.39 is 53.4 Å². The average Bonchev–Trinajstić information content (AvgIpc) is 3.17. The van der Waals surface area contributed by atoms with Gasteiger partial charge in [-0.3, -0.25) is 9.09 Å². The molecule has 3 rings (SSSR count). The van der Waals surface area contributed by atoms with Crippen LogP contribution in [-0.2, 0) is 31.6 Å². The number of hydrogen-bond donors (Lipinski definition) is 7. The molecule has 1 aliphatic rings. The number of fused-ring (bicyclic) bond motifs is 1. The number of halogens is 2. The van der Waals surface area contributed by atoms with Crippen LogP contribution in [0.4, 0.5) is 5.95 Å². The number of aliphatic hydroxyl groups is 1. The first-order valence-corrected chi connectivity index (χ1v) is 14.3. The summed E-state index contributed by atoms with van der Waals surface area (Å²) in [6.07, 6.45) is -3.50. The van der Waals surface area contributed by atoms with Crippen molar-refractivity contribution in [1.29, 1.82) is 0 Å². The minimum atomic E-state index is -5.75. The van der Waals surface area contributed by atoms with Crippen LogP contribution in [0.2, 0.25) is 0 Å². The standard InChI is InChI=1S/C12H14Cl2N5O12P3S/c13-2-1-12(14)7(20)5(3-28-33(24,25)31-34(26,27)30-32(21,22)23)29-10(12)19-4-16-6-8(19)17-11(15)18-9(6)35/h4-5,7,10,20H,3H2,(H,24,25)(H,26,27)(H2,21,22,23)(H3,15,17,18,35)/t5-,7+,10-,12?/m1/s1. The maximum atomic E-state index is 12.0. The minimum absolute atomic E-state index is 0.0290. The van der Waals surface area contributed by atoms with Gasteiger partial charge < -0.3 is 40.1 Å². The van der Waals surface area contributed by atoms with Gasteiger partial charge >= 0.3 is 23.5 Å². The maximum Gasteiger partial charge on any atom is 0.490 e. The summed E-state index contributed by atoms with van der Waals surface area (Å²) in [5.41, 5.74) is 6.02. The first-order chi connectivity index (χ1) is 16.0. The van der Waals surface area contributed by atoms with E-state index in [1.807, 2.05) is 5.38 Å². The van der Waals surface area contributed by atoms with Crippen molar-refractivity contribution in [3.8, 4) is 11.3 Å². The van der Waals surface area contributed by atoms with E-state index >= 15 is 0 Å². The SMILES string of the molecule is Nc1nc(=S)c2ncn([C@@H]3O[C@H](COP(=O)(O)OP(=O)(O)OP(=O)(O)O)[C@H](O)C3(Cl)C#CCl)c2[nH]1. The highest BCUT2D eigenvalue weighted by Crippen LogP contribution is 2.66. The Bertz CT molecular complexity index is 1400. The Labute approximate surface area is 209 Å². The van der Waals surface area contributed by atoms with Gasteiger partial charge in [0.1, 0.15) is 23.4 Å². The molecule has 0 amide bonds. The number of anilines is 1. The smallest absolute Gasteiger partial charge is 0.387 e. The largest absolute Gasteiger partial charge is 0.490 e. The quantitative estimate of drug-likeness (QED) is 0.0938. The molecule has 23 heteroatoms. The molecule has 3 unspecified atom stereocenters. The third-order valence-corrected chi connectivity index (χ3v) is 8.91. The highest BCUT2D eigenvalue weighted by Gasteiger charge is 2.57. The van der Waals surface area contributed by atoms with E-state index in [4.69, 9.17) is 55.7 Å². The normalized spacial score (nSPS) is 28.3. The van der Waals surface area contributed by atoms with Gasteiger partial charge in [0.25, 0.3) is 0 Å². The molecule has 1 saturated heterocycles. The van der Waals surface area contributed by atoms with E-state index in [1.54, 1.807) is 0 Å². The fraction of sp³-hybridized carbons (Fsp3) is 0.417. The number of nitrogen functional groups attached to an aromatic ring is 1. The Morgan fingerprint density at radius 3 is 2.54 bits per heavy atom. The van der Waals surface area contributed by atoms with Crippen molar-refractivity contribution < 1.29 is 56.3 Å². The number of aromatic nitrogens is 4. The number of rotatable bonds is 8. The lowest BCUT2D eigenvalue weighted by Crippen LogP contribution is -2.41. The molecule has 0 radical (unpaired) electrons. The minimum Gasteiger partial charge on any atom is -0.387 e. The van der Waals surface area contributed by atoms with E-state index in [1.165, 1.54) is 10.9 Å². The lowest BCUT2D eigenvalue weighted by atomic mass is 9.99. The molecule has 0 aliphatic carbocycles. The Balaban J connectivity index is 1.87. The van der Waals surface area contributed by atoms with Crippen LogP contribution in [0.25, 0.3) is 11.2 Å². The van der Waals surface area contributed by atoms with E-state index in [0.29, 0.717) is 0 Å². The number of ether oxygens (including phenoxy) is 1. The molecular formula is C12H14Cl2N5O12P3S. The maximum absolute atomic E-state index is 12.0. The lowest BCUT2D eigenvalue weighted by molar-refractivity contribution is -0.0428. The Morgan fingerprint density at radius 1 is 1.29 bits per heavy atom. The van der Waals surface area contributed by atoms with Gasteiger partial charge in [0, 0.05) is 5.38 Å². The number of hydrogen-bond acceptors (Lipinski definition) is 12. The first-order valence-electron chi connectivity index (χ1n) is 8.64. The van der Waals surface area contributed by atoms with Gasteiger partial charge in [0.2, 0.25) is 0 Å². The molecule has 2 aromatic heterocycles. The van der Waals surface area contributed by atoms with Gasteiger partial charge in [-0.05, 0) is 11.6 Å². The lowest BCUT2D eigenvalue weighted by Gasteiger charge is -2.25. The monoisotopic (exact) mass is 615 g/mol. The van der Waals surface area contributed by atoms with Crippen molar-refractivity contribution in [3.63, 3.8) is 0 Å². The van der Waals surface area contributed by atoms with Gasteiger partial charge in [0.05, 0.1) is 12.9 Å². The van der Waals surface area contributed by atoms with Gasteiger partial charge in [-0.2, -0.15) is 8.62 Å². The van der Waals surface area contributed by atoms with Gasteiger partial charge in [0.15, 0.2) is 21.7 Å². The second-order valence-electron chi connectivity index (χ2n) is 6.62. The number of nitrogens with two attached hydrogens (primary N) is 1. The van der Waals surface area contributed by atoms with Crippen LogP contribution >= 0.6 is 58.9 Å². The highest BCUT2D eigenvalue weighted by molar-refractivity contribution is 7.71. The van der Waals surface area contributed by atoms with Crippen molar-refractivity contribution in [2.75, 3.05) is 12.3 Å².